The van der Waals surface area contributed by atoms with Crippen LogP contribution in [0.4, 0.5) is 17.6 Å². The Hall–Kier alpha value is -2.66. The zero-order chi connectivity index (χ0) is 25.5. The molecule has 190 valence electrons. The van der Waals surface area contributed by atoms with E-state index in [0.717, 1.165) is 10.7 Å². The van der Waals surface area contributed by atoms with Crippen LogP contribution < -0.4 is 0 Å². The van der Waals surface area contributed by atoms with Gasteiger partial charge in [-0.25, -0.2) is 4.39 Å². The van der Waals surface area contributed by atoms with E-state index >= 15 is 0 Å². The van der Waals surface area contributed by atoms with Gasteiger partial charge in [-0.05, 0) is 37.9 Å². The average Bonchev–Trinajstić information content (AvgIpc) is 3.34. The van der Waals surface area contributed by atoms with E-state index in [2.05, 4.69) is 5.10 Å². The van der Waals surface area contributed by atoms with E-state index in [4.69, 9.17) is 16.3 Å². The molecule has 1 aromatic carbocycles. The van der Waals surface area contributed by atoms with Gasteiger partial charge in [0.15, 0.2) is 5.69 Å². The lowest BCUT2D eigenvalue weighted by molar-refractivity contribution is -0.145. The van der Waals surface area contributed by atoms with Crippen molar-refractivity contribution < 1.29 is 31.9 Å². The molecule has 0 spiro atoms. The van der Waals surface area contributed by atoms with Gasteiger partial charge in [0.25, 0.3) is 0 Å². The van der Waals surface area contributed by atoms with Gasteiger partial charge in [0.2, 0.25) is 5.91 Å². The minimum absolute atomic E-state index is 0.00558. The van der Waals surface area contributed by atoms with Crippen LogP contribution in [-0.2, 0) is 40.0 Å². The monoisotopic (exact) mass is 516 g/mol. The van der Waals surface area contributed by atoms with E-state index in [0.29, 0.717) is 13.0 Å². The van der Waals surface area contributed by atoms with Crippen molar-refractivity contribution in [2.24, 2.45) is 5.92 Å². The summed E-state index contributed by atoms with van der Waals surface area (Å²) in [5.74, 6) is -1.29. The minimum Gasteiger partial charge on any atom is -0.468 e. The van der Waals surface area contributed by atoms with Crippen molar-refractivity contribution in [2.45, 2.75) is 44.6 Å². The maximum absolute atomic E-state index is 14.3. The third kappa shape index (κ3) is 5.30. The summed E-state index contributed by atoms with van der Waals surface area (Å²) >= 11 is 5.78. The molecule has 2 aliphatic heterocycles. The summed E-state index contributed by atoms with van der Waals surface area (Å²) in [4.78, 5) is 28.3. The predicted molar refractivity (Wildman–Crippen MR) is 118 cm³/mol. The van der Waals surface area contributed by atoms with Gasteiger partial charge in [-0.2, -0.15) is 18.3 Å². The predicted octanol–water partition coefficient (Wildman–Crippen LogP) is 3.51. The van der Waals surface area contributed by atoms with Crippen molar-refractivity contribution in [2.75, 3.05) is 27.2 Å². The Labute approximate surface area is 204 Å². The third-order valence-corrected chi connectivity index (χ3v) is 6.90. The molecule has 1 saturated heterocycles. The average molecular weight is 517 g/mol. The lowest BCUT2D eigenvalue weighted by Crippen LogP contribution is -2.38. The van der Waals surface area contributed by atoms with Gasteiger partial charge in [0, 0.05) is 35.7 Å². The lowest BCUT2D eigenvalue weighted by atomic mass is 9.99. The second-order valence-corrected chi connectivity index (χ2v) is 9.45. The molecule has 1 fully saturated rings. The SMILES string of the molecule is COC(=O)[C@@H]1CC(CC(=O)N2CCc3c(C(F)(F)F)nn(Cc4ccc(Cl)cc4F)c3C2)CN1C. The highest BCUT2D eigenvalue weighted by atomic mass is 35.5. The van der Waals surface area contributed by atoms with Crippen LogP contribution in [0.3, 0.4) is 0 Å². The smallest absolute Gasteiger partial charge is 0.435 e. The van der Waals surface area contributed by atoms with Crippen LogP contribution in [0.15, 0.2) is 18.2 Å². The van der Waals surface area contributed by atoms with Gasteiger partial charge in [-0.1, -0.05) is 17.7 Å². The Bertz CT molecular complexity index is 1140. The number of nitrogens with zero attached hydrogens (tertiary/aromatic N) is 4. The van der Waals surface area contributed by atoms with Gasteiger partial charge in [0.1, 0.15) is 11.9 Å². The number of likely N-dealkylation sites (tertiary alicyclic amines) is 1. The van der Waals surface area contributed by atoms with Crippen molar-refractivity contribution in [3.8, 4) is 0 Å². The number of benzene rings is 1. The Balaban J connectivity index is 1.53. The van der Waals surface area contributed by atoms with Gasteiger partial charge < -0.3 is 9.64 Å². The van der Waals surface area contributed by atoms with Crippen LogP contribution in [0.1, 0.15) is 35.4 Å². The number of aromatic nitrogens is 2. The molecule has 3 heterocycles. The molecule has 0 saturated carbocycles. The van der Waals surface area contributed by atoms with E-state index in [-0.39, 0.29) is 72.1 Å². The molecule has 2 aliphatic rings. The number of amides is 1. The Morgan fingerprint density at radius 3 is 2.69 bits per heavy atom. The molecule has 0 bridgehead atoms. The van der Waals surface area contributed by atoms with Crippen molar-refractivity contribution in [3.63, 3.8) is 0 Å². The largest absolute Gasteiger partial charge is 0.468 e. The van der Waals surface area contributed by atoms with Gasteiger partial charge in [0.05, 0.1) is 25.9 Å². The summed E-state index contributed by atoms with van der Waals surface area (Å²) in [7, 11) is 3.10. The number of methoxy groups -OCH3 is 1. The fourth-order valence-electron chi connectivity index (χ4n) is 4.90. The highest BCUT2D eigenvalue weighted by Crippen LogP contribution is 2.36. The summed E-state index contributed by atoms with van der Waals surface area (Å²) in [6.07, 6.45) is -4.04. The second kappa shape index (κ2) is 9.77. The zero-order valence-corrected chi connectivity index (χ0v) is 20.0. The van der Waals surface area contributed by atoms with E-state index < -0.39 is 23.7 Å². The highest BCUT2D eigenvalue weighted by Gasteiger charge is 2.42. The summed E-state index contributed by atoms with van der Waals surface area (Å²) in [5.41, 5.74) is -0.600. The number of fused-ring (bicyclic) bond motifs is 1. The second-order valence-electron chi connectivity index (χ2n) is 9.01. The van der Waals surface area contributed by atoms with E-state index in [9.17, 15) is 27.2 Å². The van der Waals surface area contributed by atoms with Crippen molar-refractivity contribution in [1.82, 2.24) is 19.6 Å². The first-order valence-corrected chi connectivity index (χ1v) is 11.5. The van der Waals surface area contributed by atoms with E-state index in [1.165, 1.54) is 24.1 Å². The molecule has 2 atom stereocenters. The number of hydrogen-bond acceptors (Lipinski definition) is 5. The molecule has 0 radical (unpaired) electrons. The number of carbonyl (C=O) groups excluding carboxylic acids is 2. The Morgan fingerprint density at radius 2 is 2.03 bits per heavy atom. The molecule has 7 nitrogen and oxygen atoms in total. The summed E-state index contributed by atoms with van der Waals surface area (Å²) in [5, 5.41) is 3.94. The molecule has 1 amide bonds. The number of halogens is 5. The minimum atomic E-state index is -4.67. The van der Waals surface area contributed by atoms with Crippen molar-refractivity contribution >= 4 is 23.5 Å². The molecule has 2 aromatic rings. The van der Waals surface area contributed by atoms with E-state index in [1.807, 2.05) is 4.90 Å². The molecule has 12 heteroatoms. The number of likely N-dealkylation sites (N-methyl/N-ethyl adjacent to an activating group) is 1. The zero-order valence-electron chi connectivity index (χ0n) is 19.2. The first kappa shape index (κ1) is 25.4. The topological polar surface area (TPSA) is 67.7 Å². The number of carbonyl (C=O) groups is 2. The van der Waals surface area contributed by atoms with Crippen LogP contribution in [0.2, 0.25) is 5.02 Å². The van der Waals surface area contributed by atoms with Crippen LogP contribution in [-0.4, -0.2) is 64.7 Å². The molecule has 4 rings (SSSR count). The van der Waals surface area contributed by atoms with Crippen LogP contribution in [0, 0.1) is 11.7 Å². The summed E-state index contributed by atoms with van der Waals surface area (Å²) in [6.45, 7) is 0.378. The molecular formula is C23H25ClF4N4O3. The third-order valence-electron chi connectivity index (χ3n) is 6.67. The maximum Gasteiger partial charge on any atom is 0.435 e. The first-order valence-electron chi connectivity index (χ1n) is 11.1. The molecule has 35 heavy (non-hydrogen) atoms. The van der Waals surface area contributed by atoms with Gasteiger partial charge >= 0.3 is 12.1 Å². The first-order chi connectivity index (χ1) is 16.5. The molecule has 1 aromatic heterocycles. The maximum atomic E-state index is 14.3. The fourth-order valence-corrected chi connectivity index (χ4v) is 5.06. The number of esters is 1. The van der Waals surface area contributed by atoms with Gasteiger partial charge in [-0.3, -0.25) is 19.2 Å². The standard InChI is InChI=1S/C23H25ClF4N4O3/c1-30-10-13(7-18(30)22(34)35-2)8-20(33)31-6-5-16-19(12-31)32(29-21(16)23(26,27)28)11-14-3-4-15(24)9-17(14)25/h3-4,9,13,18H,5-8,10-12H2,1-2H3/t13?,18-/m0/s1. The van der Waals surface area contributed by atoms with Crippen LogP contribution >= 0.6 is 11.6 Å². The van der Waals surface area contributed by atoms with Crippen molar-refractivity contribution in [3.05, 3.63) is 51.6 Å². The quantitative estimate of drug-likeness (QED) is 0.449. The normalized spacial score (nSPS) is 20.7. The number of hydrogen-bond donors (Lipinski definition) is 0. The summed E-state index contributed by atoms with van der Waals surface area (Å²) in [6, 6.07) is 3.53. The number of rotatable bonds is 5. The fraction of sp³-hybridized carbons (Fsp3) is 0.522. The molecular weight excluding hydrogens is 492 g/mol. The number of ether oxygens (including phenoxy) is 1. The molecule has 0 N–H and O–H groups in total. The van der Waals surface area contributed by atoms with Crippen LogP contribution in [0.5, 0.6) is 0 Å². The van der Waals surface area contributed by atoms with Gasteiger partial charge in [-0.15, -0.1) is 0 Å². The Kier molecular flexibility index (Phi) is 7.10. The van der Waals surface area contributed by atoms with Crippen LogP contribution in [0.25, 0.3) is 0 Å². The molecule has 0 aliphatic carbocycles. The summed E-state index contributed by atoms with van der Waals surface area (Å²) < 4.78 is 61.3. The lowest BCUT2D eigenvalue weighted by Gasteiger charge is -2.29. The molecule has 1 unspecified atom stereocenters. The van der Waals surface area contributed by atoms with Crippen molar-refractivity contribution in [1.29, 1.82) is 0 Å². The van der Waals surface area contributed by atoms with E-state index in [1.54, 1.807) is 7.05 Å². The Morgan fingerprint density at radius 1 is 1.29 bits per heavy atom. The highest BCUT2D eigenvalue weighted by molar-refractivity contribution is 6.30. The number of alkyl halides is 3.